The Morgan fingerprint density at radius 2 is 1.93 bits per heavy atom. The summed E-state index contributed by atoms with van der Waals surface area (Å²) < 4.78 is 0. The highest BCUT2D eigenvalue weighted by atomic mass is 16.3. The zero-order valence-corrected chi connectivity index (χ0v) is 7.86. The maximum Gasteiger partial charge on any atom is 0.221 e. The zero-order chi connectivity index (χ0) is 10.6. The summed E-state index contributed by atoms with van der Waals surface area (Å²) in [6.07, 6.45) is 0.637. The van der Waals surface area contributed by atoms with Gasteiger partial charge in [-0.25, -0.2) is 0 Å². The number of hydrogen-bond donors (Lipinski definition) is 2. The molecule has 0 spiro atoms. The van der Waals surface area contributed by atoms with Crippen LogP contribution in [-0.2, 0) is 17.6 Å². The Morgan fingerprint density at radius 3 is 2.43 bits per heavy atom. The maximum atomic E-state index is 10.7. The number of amides is 1. The zero-order valence-electron chi connectivity index (χ0n) is 7.86. The molecule has 0 saturated carbocycles. The topological polar surface area (TPSA) is 63.3 Å². The van der Waals surface area contributed by atoms with E-state index >= 15 is 0 Å². The fraction of sp³-hybridized carbons (Fsp3) is 0.182. The molecule has 0 saturated heterocycles. The Kier molecular flexibility index (Phi) is 3.29. The highest BCUT2D eigenvalue weighted by Crippen LogP contribution is 2.08. The summed E-state index contributed by atoms with van der Waals surface area (Å²) in [5.74, 6) is -0.244. The second-order valence-electron chi connectivity index (χ2n) is 3.21. The van der Waals surface area contributed by atoms with Crippen LogP contribution in [0.4, 0.5) is 0 Å². The molecule has 0 unspecified atom stereocenters. The van der Waals surface area contributed by atoms with Crippen molar-refractivity contribution in [1.82, 2.24) is 0 Å². The maximum absolute atomic E-state index is 10.7. The molecule has 14 heavy (non-hydrogen) atoms. The van der Waals surface area contributed by atoms with Crippen LogP contribution in [0.5, 0.6) is 0 Å². The summed E-state index contributed by atoms with van der Waals surface area (Å²) in [4.78, 5) is 10.7. The van der Waals surface area contributed by atoms with Crippen LogP contribution in [0.3, 0.4) is 0 Å². The van der Waals surface area contributed by atoms with Gasteiger partial charge in [0.2, 0.25) is 5.91 Å². The standard InChI is InChI=1S/C11H13NO2/c1-8(13)5-9-3-2-4-10(6-9)7-11(12)14/h2-4,6,13H,1,5,7H2,(H2,12,14). The van der Waals surface area contributed by atoms with Crippen LogP contribution in [0, 0.1) is 0 Å². The van der Waals surface area contributed by atoms with E-state index in [0.717, 1.165) is 11.1 Å². The van der Waals surface area contributed by atoms with Gasteiger partial charge in [-0.05, 0) is 11.1 Å². The molecular weight excluding hydrogens is 178 g/mol. The van der Waals surface area contributed by atoms with Gasteiger partial charge in [0.05, 0.1) is 12.2 Å². The third-order valence-electron chi connectivity index (χ3n) is 1.78. The molecule has 0 aromatic heterocycles. The van der Waals surface area contributed by atoms with E-state index in [0.29, 0.717) is 6.42 Å². The van der Waals surface area contributed by atoms with Crippen molar-refractivity contribution in [2.75, 3.05) is 0 Å². The molecule has 0 bridgehead atoms. The molecule has 0 radical (unpaired) electrons. The van der Waals surface area contributed by atoms with Crippen LogP contribution in [0.25, 0.3) is 0 Å². The third-order valence-corrected chi connectivity index (χ3v) is 1.78. The Hall–Kier alpha value is -1.77. The van der Waals surface area contributed by atoms with Crippen LogP contribution >= 0.6 is 0 Å². The fourth-order valence-corrected chi connectivity index (χ4v) is 1.29. The van der Waals surface area contributed by atoms with Gasteiger partial charge in [0, 0.05) is 6.42 Å². The number of nitrogens with two attached hydrogens (primary N) is 1. The highest BCUT2D eigenvalue weighted by molar-refractivity contribution is 5.76. The van der Waals surface area contributed by atoms with Gasteiger partial charge in [0.1, 0.15) is 0 Å². The quantitative estimate of drug-likeness (QED) is 0.705. The SMILES string of the molecule is C=C(O)Cc1cccc(CC(N)=O)c1. The van der Waals surface area contributed by atoms with Crippen LogP contribution in [0.1, 0.15) is 11.1 Å². The van der Waals surface area contributed by atoms with Gasteiger partial charge in [0.15, 0.2) is 0 Å². The number of benzene rings is 1. The van der Waals surface area contributed by atoms with E-state index in [9.17, 15) is 4.79 Å². The lowest BCUT2D eigenvalue weighted by molar-refractivity contribution is -0.117. The molecule has 74 valence electrons. The summed E-state index contributed by atoms with van der Waals surface area (Å²) in [6, 6.07) is 7.36. The van der Waals surface area contributed by atoms with Crippen LogP contribution < -0.4 is 5.73 Å². The molecule has 3 N–H and O–H groups in total. The normalized spacial score (nSPS) is 9.71. The summed E-state index contributed by atoms with van der Waals surface area (Å²) in [5, 5.41) is 8.99. The van der Waals surface area contributed by atoms with Crippen LogP contribution in [0.2, 0.25) is 0 Å². The smallest absolute Gasteiger partial charge is 0.221 e. The number of carbonyl (C=O) groups is 1. The van der Waals surface area contributed by atoms with E-state index in [4.69, 9.17) is 10.8 Å². The van der Waals surface area contributed by atoms with Crippen LogP contribution in [0.15, 0.2) is 36.6 Å². The van der Waals surface area contributed by atoms with E-state index in [2.05, 4.69) is 6.58 Å². The number of aliphatic hydroxyl groups is 1. The number of carbonyl (C=O) groups excluding carboxylic acids is 1. The summed E-state index contributed by atoms with van der Waals surface area (Å²) in [5.41, 5.74) is 6.85. The largest absolute Gasteiger partial charge is 0.513 e. The van der Waals surface area contributed by atoms with E-state index in [1.54, 1.807) is 0 Å². The average Bonchev–Trinajstić information content (AvgIpc) is 2.01. The van der Waals surface area contributed by atoms with Gasteiger partial charge in [-0.15, -0.1) is 0 Å². The Balaban J connectivity index is 2.78. The van der Waals surface area contributed by atoms with Gasteiger partial charge in [-0.2, -0.15) is 0 Å². The first-order valence-electron chi connectivity index (χ1n) is 4.31. The van der Waals surface area contributed by atoms with Gasteiger partial charge < -0.3 is 10.8 Å². The number of aliphatic hydroxyl groups excluding tert-OH is 1. The lowest BCUT2D eigenvalue weighted by Crippen LogP contribution is -2.13. The first kappa shape index (κ1) is 10.3. The minimum atomic E-state index is -0.357. The minimum Gasteiger partial charge on any atom is -0.513 e. The van der Waals surface area contributed by atoms with E-state index < -0.39 is 0 Å². The number of rotatable bonds is 4. The first-order chi connectivity index (χ1) is 6.58. The molecule has 1 aromatic rings. The number of allylic oxidation sites excluding steroid dienone is 1. The molecule has 0 aliphatic rings. The Morgan fingerprint density at radius 1 is 1.36 bits per heavy atom. The average molecular weight is 191 g/mol. The van der Waals surface area contributed by atoms with Gasteiger partial charge in [-0.1, -0.05) is 30.8 Å². The van der Waals surface area contributed by atoms with Crippen molar-refractivity contribution in [3.8, 4) is 0 Å². The molecule has 0 atom stereocenters. The Labute approximate surface area is 82.9 Å². The first-order valence-corrected chi connectivity index (χ1v) is 4.31. The van der Waals surface area contributed by atoms with E-state index in [1.807, 2.05) is 24.3 Å². The molecule has 3 heteroatoms. The van der Waals surface area contributed by atoms with Crippen molar-refractivity contribution in [2.45, 2.75) is 12.8 Å². The van der Waals surface area contributed by atoms with Gasteiger partial charge >= 0.3 is 0 Å². The molecular formula is C11H13NO2. The van der Waals surface area contributed by atoms with Crippen molar-refractivity contribution >= 4 is 5.91 Å². The van der Waals surface area contributed by atoms with Crippen molar-refractivity contribution in [3.63, 3.8) is 0 Å². The summed E-state index contributed by atoms with van der Waals surface area (Å²) >= 11 is 0. The predicted octanol–water partition coefficient (Wildman–Crippen LogP) is 1.33. The monoisotopic (exact) mass is 191 g/mol. The predicted molar refractivity (Wildman–Crippen MR) is 54.8 cm³/mol. The molecule has 3 nitrogen and oxygen atoms in total. The lowest BCUT2D eigenvalue weighted by Gasteiger charge is -2.02. The van der Waals surface area contributed by atoms with Crippen molar-refractivity contribution in [2.24, 2.45) is 5.73 Å². The van der Waals surface area contributed by atoms with Gasteiger partial charge in [0.25, 0.3) is 0 Å². The van der Waals surface area contributed by atoms with Crippen molar-refractivity contribution in [3.05, 3.63) is 47.7 Å². The summed E-state index contributed by atoms with van der Waals surface area (Å²) in [7, 11) is 0. The number of hydrogen-bond acceptors (Lipinski definition) is 2. The highest BCUT2D eigenvalue weighted by Gasteiger charge is 2.00. The third kappa shape index (κ3) is 3.31. The fourth-order valence-electron chi connectivity index (χ4n) is 1.29. The van der Waals surface area contributed by atoms with Crippen molar-refractivity contribution in [1.29, 1.82) is 0 Å². The van der Waals surface area contributed by atoms with Gasteiger partial charge in [-0.3, -0.25) is 4.79 Å². The molecule has 1 rings (SSSR count). The lowest BCUT2D eigenvalue weighted by atomic mass is 10.1. The molecule has 0 fully saturated rings. The van der Waals surface area contributed by atoms with E-state index in [1.165, 1.54) is 0 Å². The van der Waals surface area contributed by atoms with Crippen LogP contribution in [-0.4, -0.2) is 11.0 Å². The Bertz CT molecular complexity index is 327. The summed E-state index contributed by atoms with van der Waals surface area (Å²) in [6.45, 7) is 3.40. The second-order valence-corrected chi connectivity index (χ2v) is 3.21. The molecule has 0 aliphatic carbocycles. The minimum absolute atomic E-state index is 0.112. The van der Waals surface area contributed by atoms with Crippen molar-refractivity contribution < 1.29 is 9.90 Å². The molecule has 0 aliphatic heterocycles. The van der Waals surface area contributed by atoms with E-state index in [-0.39, 0.29) is 18.1 Å². The molecule has 1 amide bonds. The molecule has 1 aromatic carbocycles. The number of primary amides is 1. The molecule has 0 heterocycles. The second kappa shape index (κ2) is 4.46.